The van der Waals surface area contributed by atoms with Gasteiger partial charge in [0.1, 0.15) is 6.10 Å². The maximum absolute atomic E-state index is 12.4. The average Bonchev–Trinajstić information content (AvgIpc) is 3.04. The van der Waals surface area contributed by atoms with Gasteiger partial charge in [0.2, 0.25) is 15.9 Å². The van der Waals surface area contributed by atoms with Gasteiger partial charge in [-0.15, -0.1) is 0 Å². The Kier molecular flexibility index (Phi) is 4.68. The minimum atomic E-state index is -3.45. The van der Waals surface area contributed by atoms with Gasteiger partial charge in [-0.2, -0.15) is 4.31 Å². The van der Waals surface area contributed by atoms with Crippen LogP contribution < -0.4 is 4.74 Å². The Hall–Kier alpha value is -2.25. The van der Waals surface area contributed by atoms with Crippen molar-refractivity contribution in [3.63, 3.8) is 0 Å². The normalized spacial score (nSPS) is 19.2. The summed E-state index contributed by atoms with van der Waals surface area (Å²) < 4.78 is 31.8. The minimum absolute atomic E-state index is 0.202. The zero-order valence-electron chi connectivity index (χ0n) is 12.4. The Bertz CT molecular complexity index is 764. The van der Waals surface area contributed by atoms with E-state index >= 15 is 0 Å². The summed E-state index contributed by atoms with van der Waals surface area (Å²) in [6.07, 6.45) is 6.66. The summed E-state index contributed by atoms with van der Waals surface area (Å²) >= 11 is 0. The van der Waals surface area contributed by atoms with Gasteiger partial charge in [-0.05, 0) is 18.1 Å². The molecule has 1 aromatic carbocycles. The first-order valence-electron chi connectivity index (χ1n) is 7.29. The first-order chi connectivity index (χ1) is 11.1. The number of hydrogen-bond donors (Lipinski definition) is 0. The topological polar surface area (TPSA) is 72.4 Å². The molecule has 2 heterocycles. The highest BCUT2D eigenvalue weighted by atomic mass is 32.2. The molecule has 23 heavy (non-hydrogen) atoms. The van der Waals surface area contributed by atoms with Crippen molar-refractivity contribution in [2.45, 2.75) is 12.5 Å². The van der Waals surface area contributed by atoms with Crippen LogP contribution in [0, 0.1) is 0 Å². The van der Waals surface area contributed by atoms with Crippen LogP contribution in [-0.2, 0) is 10.0 Å². The third-order valence-electron chi connectivity index (χ3n) is 3.53. The molecule has 0 bridgehead atoms. The molecule has 0 amide bonds. The molecule has 1 unspecified atom stereocenters. The average molecular weight is 331 g/mol. The fourth-order valence-corrected chi connectivity index (χ4v) is 3.59. The molecular formula is C16H17N3O3S. The molecule has 1 fully saturated rings. The van der Waals surface area contributed by atoms with Gasteiger partial charge in [0.25, 0.3) is 0 Å². The lowest BCUT2D eigenvalue weighted by Crippen LogP contribution is -2.29. The van der Waals surface area contributed by atoms with Gasteiger partial charge < -0.3 is 4.74 Å². The molecule has 6 nitrogen and oxygen atoms in total. The number of hydrogen-bond acceptors (Lipinski definition) is 5. The molecule has 0 radical (unpaired) electrons. The van der Waals surface area contributed by atoms with E-state index in [4.69, 9.17) is 4.74 Å². The van der Waals surface area contributed by atoms with Crippen LogP contribution in [0.2, 0.25) is 0 Å². The summed E-state index contributed by atoms with van der Waals surface area (Å²) in [5.41, 5.74) is 0.850. The summed E-state index contributed by atoms with van der Waals surface area (Å²) in [6, 6.07) is 9.34. The molecule has 3 rings (SSSR count). The van der Waals surface area contributed by atoms with Gasteiger partial charge in [0.15, 0.2) is 0 Å². The maximum atomic E-state index is 12.4. The van der Waals surface area contributed by atoms with Crippen molar-refractivity contribution < 1.29 is 13.2 Å². The molecule has 2 aromatic rings. The molecule has 0 N–H and O–H groups in total. The Morgan fingerprint density at radius 3 is 2.78 bits per heavy atom. The fraction of sp³-hybridized carbons (Fsp3) is 0.250. The van der Waals surface area contributed by atoms with Crippen molar-refractivity contribution in [3.05, 3.63) is 59.9 Å². The van der Waals surface area contributed by atoms with Crippen molar-refractivity contribution in [3.8, 4) is 5.88 Å². The Morgan fingerprint density at radius 1 is 1.22 bits per heavy atom. The van der Waals surface area contributed by atoms with Crippen molar-refractivity contribution in [1.82, 2.24) is 14.3 Å². The van der Waals surface area contributed by atoms with E-state index in [2.05, 4.69) is 9.97 Å². The van der Waals surface area contributed by atoms with Gasteiger partial charge >= 0.3 is 0 Å². The Morgan fingerprint density at radius 2 is 2.04 bits per heavy atom. The summed E-state index contributed by atoms with van der Waals surface area (Å²) in [4.78, 5) is 7.97. The third kappa shape index (κ3) is 4.14. The smallest absolute Gasteiger partial charge is 0.236 e. The zero-order valence-corrected chi connectivity index (χ0v) is 13.3. The quantitative estimate of drug-likeness (QED) is 0.837. The van der Waals surface area contributed by atoms with Crippen LogP contribution in [-0.4, -0.2) is 41.9 Å². The maximum Gasteiger partial charge on any atom is 0.236 e. The highest BCUT2D eigenvalue weighted by molar-refractivity contribution is 7.92. The fourth-order valence-electron chi connectivity index (χ4n) is 2.36. The SMILES string of the molecule is O=S(=O)(/C=C/c1ccccc1)N1CCC(Oc2cnccn2)C1. The second-order valence-electron chi connectivity index (χ2n) is 5.19. The van der Waals surface area contributed by atoms with E-state index in [9.17, 15) is 8.42 Å². The van der Waals surface area contributed by atoms with E-state index in [1.807, 2.05) is 30.3 Å². The largest absolute Gasteiger partial charge is 0.472 e. The molecule has 1 aromatic heterocycles. The molecule has 0 aliphatic carbocycles. The Balaban J connectivity index is 1.62. The summed E-state index contributed by atoms with van der Waals surface area (Å²) in [5.74, 6) is 0.413. The predicted molar refractivity (Wildman–Crippen MR) is 87.0 cm³/mol. The first kappa shape index (κ1) is 15.6. The van der Waals surface area contributed by atoms with Gasteiger partial charge in [-0.3, -0.25) is 4.98 Å². The van der Waals surface area contributed by atoms with Crippen molar-refractivity contribution in [2.24, 2.45) is 0 Å². The van der Waals surface area contributed by atoms with E-state index in [0.717, 1.165) is 5.56 Å². The third-order valence-corrected chi connectivity index (χ3v) is 5.06. The first-order valence-corrected chi connectivity index (χ1v) is 8.80. The summed E-state index contributed by atoms with van der Waals surface area (Å²) in [7, 11) is -3.45. The van der Waals surface area contributed by atoms with E-state index in [-0.39, 0.29) is 6.10 Å². The lowest BCUT2D eigenvalue weighted by atomic mass is 10.2. The highest BCUT2D eigenvalue weighted by Gasteiger charge is 2.31. The second-order valence-corrected chi connectivity index (χ2v) is 7.01. The molecule has 1 atom stereocenters. The molecule has 1 aliphatic heterocycles. The van der Waals surface area contributed by atoms with Gasteiger partial charge in [-0.1, -0.05) is 30.3 Å². The van der Waals surface area contributed by atoms with Crippen LogP contribution in [0.25, 0.3) is 6.08 Å². The highest BCUT2D eigenvalue weighted by Crippen LogP contribution is 2.19. The number of benzene rings is 1. The minimum Gasteiger partial charge on any atom is -0.472 e. The lowest BCUT2D eigenvalue weighted by molar-refractivity contribution is 0.206. The van der Waals surface area contributed by atoms with E-state index in [1.54, 1.807) is 18.5 Å². The van der Waals surface area contributed by atoms with E-state index < -0.39 is 10.0 Å². The van der Waals surface area contributed by atoms with Crippen molar-refractivity contribution in [2.75, 3.05) is 13.1 Å². The van der Waals surface area contributed by atoms with Crippen LogP contribution in [0.5, 0.6) is 5.88 Å². The number of sulfonamides is 1. The standard InChI is InChI=1S/C16H17N3O3S/c20-23(21,11-7-14-4-2-1-3-5-14)19-10-6-15(13-19)22-16-12-17-8-9-18-16/h1-5,7-9,11-12,15H,6,10,13H2/b11-7+. The van der Waals surface area contributed by atoms with Crippen LogP contribution in [0.15, 0.2) is 54.3 Å². The number of nitrogens with zero attached hydrogens (tertiary/aromatic N) is 3. The van der Waals surface area contributed by atoms with Crippen molar-refractivity contribution in [1.29, 1.82) is 0 Å². The summed E-state index contributed by atoms with van der Waals surface area (Å²) in [5, 5.41) is 1.24. The number of ether oxygens (including phenoxy) is 1. The predicted octanol–water partition coefficient (Wildman–Crippen LogP) is 1.93. The van der Waals surface area contributed by atoms with Crippen LogP contribution >= 0.6 is 0 Å². The number of aromatic nitrogens is 2. The molecule has 0 spiro atoms. The van der Waals surface area contributed by atoms with E-state index in [0.29, 0.717) is 25.4 Å². The van der Waals surface area contributed by atoms with Crippen LogP contribution in [0.4, 0.5) is 0 Å². The molecule has 1 saturated heterocycles. The Labute approximate surface area is 135 Å². The van der Waals surface area contributed by atoms with Crippen LogP contribution in [0.1, 0.15) is 12.0 Å². The van der Waals surface area contributed by atoms with Gasteiger partial charge in [0, 0.05) is 24.3 Å². The molecule has 0 saturated carbocycles. The zero-order chi connectivity index (χ0) is 16.1. The number of rotatable bonds is 5. The summed E-state index contributed by atoms with van der Waals surface area (Å²) in [6.45, 7) is 0.754. The van der Waals surface area contributed by atoms with Crippen LogP contribution in [0.3, 0.4) is 0 Å². The molecule has 1 aliphatic rings. The molecular weight excluding hydrogens is 314 g/mol. The molecule has 120 valence electrons. The van der Waals surface area contributed by atoms with Gasteiger partial charge in [-0.25, -0.2) is 13.4 Å². The lowest BCUT2D eigenvalue weighted by Gasteiger charge is -2.14. The monoisotopic (exact) mass is 331 g/mol. The van der Waals surface area contributed by atoms with E-state index in [1.165, 1.54) is 15.9 Å². The van der Waals surface area contributed by atoms with Crippen molar-refractivity contribution >= 4 is 16.1 Å². The van der Waals surface area contributed by atoms with Gasteiger partial charge in [0.05, 0.1) is 12.7 Å². The molecule has 7 heteroatoms. The second kappa shape index (κ2) is 6.89.